The number of aryl methyl sites for hydroxylation is 2. The number of para-hydroxylation sites is 2. The number of nitrogens with zero attached hydrogens (tertiary/aromatic N) is 2. The molecule has 0 unspecified atom stereocenters. The molecule has 3 rings (SSSR count). The number of ether oxygens (including phenoxy) is 1. The Balaban J connectivity index is 1.65. The van der Waals surface area contributed by atoms with Crippen LogP contribution in [0, 0.1) is 20.8 Å². The summed E-state index contributed by atoms with van der Waals surface area (Å²) in [7, 11) is 0. The summed E-state index contributed by atoms with van der Waals surface area (Å²) in [5.41, 5.74) is 7.99. The molecule has 0 spiro atoms. The molecule has 5 heteroatoms. The molecule has 3 aromatic rings. The first-order valence-corrected chi connectivity index (χ1v) is 8.81. The van der Waals surface area contributed by atoms with Gasteiger partial charge < -0.3 is 9.30 Å². The molecule has 1 N–H and O–H groups in total. The predicted octanol–water partition coefficient (Wildman–Crippen LogP) is 3.93. The van der Waals surface area contributed by atoms with Crippen molar-refractivity contribution in [2.45, 2.75) is 20.8 Å². The summed E-state index contributed by atoms with van der Waals surface area (Å²) in [5.74, 6) is 0.348. The fourth-order valence-corrected chi connectivity index (χ4v) is 2.98. The van der Waals surface area contributed by atoms with Crippen LogP contribution in [0.1, 0.15) is 22.5 Å². The molecule has 1 aromatic heterocycles. The van der Waals surface area contributed by atoms with Gasteiger partial charge >= 0.3 is 0 Å². The topological polar surface area (TPSA) is 55.6 Å². The van der Waals surface area contributed by atoms with Gasteiger partial charge in [0.1, 0.15) is 5.75 Å². The Morgan fingerprint density at radius 2 is 1.78 bits per heavy atom. The van der Waals surface area contributed by atoms with Crippen molar-refractivity contribution in [1.82, 2.24) is 9.99 Å². The van der Waals surface area contributed by atoms with Gasteiger partial charge in [0.05, 0.1) is 6.21 Å². The molecule has 138 valence electrons. The zero-order valence-electron chi connectivity index (χ0n) is 15.8. The van der Waals surface area contributed by atoms with Gasteiger partial charge in [-0.2, -0.15) is 5.10 Å². The minimum Gasteiger partial charge on any atom is -0.484 e. The van der Waals surface area contributed by atoms with E-state index < -0.39 is 0 Å². The van der Waals surface area contributed by atoms with E-state index in [9.17, 15) is 4.79 Å². The number of rotatable bonds is 6. The largest absolute Gasteiger partial charge is 0.484 e. The molecule has 27 heavy (non-hydrogen) atoms. The van der Waals surface area contributed by atoms with Gasteiger partial charge in [0.2, 0.25) is 0 Å². The Bertz CT molecular complexity index is 959. The summed E-state index contributed by atoms with van der Waals surface area (Å²) >= 11 is 0. The summed E-state index contributed by atoms with van der Waals surface area (Å²) in [6.45, 7) is 6.11. The highest BCUT2D eigenvalue weighted by atomic mass is 16.5. The number of nitrogens with one attached hydrogen (secondary N) is 1. The highest BCUT2D eigenvalue weighted by molar-refractivity contribution is 5.84. The van der Waals surface area contributed by atoms with Gasteiger partial charge in [-0.25, -0.2) is 5.43 Å². The lowest BCUT2D eigenvalue weighted by molar-refractivity contribution is -0.123. The molecule has 2 aromatic carbocycles. The van der Waals surface area contributed by atoms with Crippen molar-refractivity contribution in [1.29, 1.82) is 0 Å². The highest BCUT2D eigenvalue weighted by Crippen LogP contribution is 2.22. The lowest BCUT2D eigenvalue weighted by Gasteiger charge is -2.12. The Morgan fingerprint density at radius 1 is 1.07 bits per heavy atom. The van der Waals surface area contributed by atoms with Gasteiger partial charge in [-0.05, 0) is 50.6 Å². The normalized spacial score (nSPS) is 10.9. The van der Waals surface area contributed by atoms with Gasteiger partial charge in [-0.3, -0.25) is 4.79 Å². The van der Waals surface area contributed by atoms with Gasteiger partial charge in [-0.15, -0.1) is 0 Å². The number of hydrogen-bond donors (Lipinski definition) is 1. The van der Waals surface area contributed by atoms with Crippen LogP contribution in [0.25, 0.3) is 5.69 Å². The van der Waals surface area contributed by atoms with E-state index in [0.717, 1.165) is 22.6 Å². The standard InChI is InChI=1S/C22H23N3O2/c1-16-9-7-8-12-21(16)25-17(2)13-19(18(25)3)14-23-24-22(26)15-27-20-10-5-4-6-11-20/h4-14H,15H2,1-3H3,(H,24,26)/b23-14-. The van der Waals surface area contributed by atoms with E-state index in [2.05, 4.69) is 47.1 Å². The van der Waals surface area contributed by atoms with Gasteiger partial charge in [0.15, 0.2) is 6.61 Å². The van der Waals surface area contributed by atoms with Crippen LogP contribution in [0.15, 0.2) is 65.8 Å². The van der Waals surface area contributed by atoms with E-state index in [1.165, 1.54) is 5.56 Å². The fourth-order valence-electron chi connectivity index (χ4n) is 2.98. The molecule has 5 nitrogen and oxygen atoms in total. The minimum absolute atomic E-state index is 0.0798. The quantitative estimate of drug-likeness (QED) is 0.534. The average molecular weight is 361 g/mol. The average Bonchev–Trinajstić information content (AvgIpc) is 2.95. The molecule has 0 radical (unpaired) electrons. The van der Waals surface area contributed by atoms with Crippen LogP contribution in [0.2, 0.25) is 0 Å². The van der Waals surface area contributed by atoms with Crippen LogP contribution in [-0.4, -0.2) is 23.3 Å². The van der Waals surface area contributed by atoms with Gasteiger partial charge in [-0.1, -0.05) is 36.4 Å². The summed E-state index contributed by atoms with van der Waals surface area (Å²) < 4.78 is 7.59. The number of hydrogen-bond acceptors (Lipinski definition) is 3. The molecule has 0 atom stereocenters. The zero-order valence-corrected chi connectivity index (χ0v) is 15.8. The predicted molar refractivity (Wildman–Crippen MR) is 108 cm³/mol. The third-order valence-electron chi connectivity index (χ3n) is 4.33. The van der Waals surface area contributed by atoms with E-state index in [-0.39, 0.29) is 12.5 Å². The van der Waals surface area contributed by atoms with E-state index in [1.54, 1.807) is 18.3 Å². The molecule has 0 saturated heterocycles. The Morgan fingerprint density at radius 3 is 2.52 bits per heavy atom. The monoisotopic (exact) mass is 361 g/mol. The van der Waals surface area contributed by atoms with E-state index in [0.29, 0.717) is 5.75 Å². The van der Waals surface area contributed by atoms with Crippen LogP contribution in [0.5, 0.6) is 5.75 Å². The second-order valence-corrected chi connectivity index (χ2v) is 6.34. The third-order valence-corrected chi connectivity index (χ3v) is 4.33. The van der Waals surface area contributed by atoms with Crippen molar-refractivity contribution in [2.24, 2.45) is 5.10 Å². The van der Waals surface area contributed by atoms with Crippen molar-refractivity contribution in [3.05, 3.63) is 83.2 Å². The minimum atomic E-state index is -0.303. The number of aromatic nitrogens is 1. The number of benzene rings is 2. The smallest absolute Gasteiger partial charge is 0.277 e. The molecular weight excluding hydrogens is 338 g/mol. The van der Waals surface area contributed by atoms with Crippen molar-refractivity contribution in [3.8, 4) is 11.4 Å². The Hall–Kier alpha value is -3.34. The van der Waals surface area contributed by atoms with Crippen molar-refractivity contribution in [3.63, 3.8) is 0 Å². The van der Waals surface area contributed by atoms with Crippen LogP contribution in [-0.2, 0) is 4.79 Å². The van der Waals surface area contributed by atoms with E-state index in [4.69, 9.17) is 4.74 Å². The van der Waals surface area contributed by atoms with E-state index >= 15 is 0 Å². The van der Waals surface area contributed by atoms with Gasteiger partial charge in [0.25, 0.3) is 5.91 Å². The molecule has 0 bridgehead atoms. The lowest BCUT2D eigenvalue weighted by Crippen LogP contribution is -2.24. The molecule has 1 heterocycles. The maximum atomic E-state index is 11.9. The summed E-state index contributed by atoms with van der Waals surface area (Å²) in [6.07, 6.45) is 1.66. The fraction of sp³-hybridized carbons (Fsp3) is 0.182. The molecule has 0 aliphatic carbocycles. The second-order valence-electron chi connectivity index (χ2n) is 6.34. The number of amides is 1. The number of hydrazone groups is 1. The lowest BCUT2D eigenvalue weighted by atomic mass is 10.2. The molecule has 0 saturated carbocycles. The maximum absolute atomic E-state index is 11.9. The Labute approximate surface area is 159 Å². The molecule has 0 fully saturated rings. The summed E-state index contributed by atoms with van der Waals surface area (Å²) in [6, 6.07) is 19.5. The first kappa shape index (κ1) is 18.5. The summed E-state index contributed by atoms with van der Waals surface area (Å²) in [4.78, 5) is 11.9. The summed E-state index contributed by atoms with van der Waals surface area (Å²) in [5, 5.41) is 4.07. The maximum Gasteiger partial charge on any atom is 0.277 e. The van der Waals surface area contributed by atoms with Crippen LogP contribution in [0.3, 0.4) is 0 Å². The number of carbonyl (C=O) groups is 1. The second kappa shape index (κ2) is 8.36. The van der Waals surface area contributed by atoms with E-state index in [1.807, 2.05) is 37.3 Å². The van der Waals surface area contributed by atoms with Crippen LogP contribution in [0.4, 0.5) is 0 Å². The van der Waals surface area contributed by atoms with Crippen molar-refractivity contribution in [2.75, 3.05) is 6.61 Å². The van der Waals surface area contributed by atoms with Crippen molar-refractivity contribution < 1.29 is 9.53 Å². The first-order chi connectivity index (χ1) is 13.1. The first-order valence-electron chi connectivity index (χ1n) is 8.81. The SMILES string of the molecule is Cc1ccccc1-n1c(C)cc(/C=N\NC(=O)COc2ccccc2)c1C. The molecule has 1 amide bonds. The van der Waals surface area contributed by atoms with Crippen LogP contribution >= 0.6 is 0 Å². The molecule has 0 aliphatic heterocycles. The Kier molecular flexibility index (Phi) is 5.71. The molecular formula is C22H23N3O2. The van der Waals surface area contributed by atoms with Gasteiger partial charge in [0, 0.05) is 22.6 Å². The molecule has 0 aliphatic rings. The number of carbonyl (C=O) groups excluding carboxylic acids is 1. The third kappa shape index (κ3) is 4.44. The van der Waals surface area contributed by atoms with Crippen molar-refractivity contribution >= 4 is 12.1 Å². The van der Waals surface area contributed by atoms with Crippen LogP contribution < -0.4 is 10.2 Å². The highest BCUT2D eigenvalue weighted by Gasteiger charge is 2.11. The zero-order chi connectivity index (χ0) is 19.2.